The van der Waals surface area contributed by atoms with Gasteiger partial charge in [0.05, 0.1) is 5.57 Å². The third-order valence-electron chi connectivity index (χ3n) is 5.53. The first-order valence-electron chi connectivity index (χ1n) is 10.4. The number of hydrogen-bond donors (Lipinski definition) is 0. The van der Waals surface area contributed by atoms with Crippen LogP contribution in [0.3, 0.4) is 0 Å². The highest BCUT2D eigenvalue weighted by Crippen LogP contribution is 2.37. The minimum absolute atomic E-state index is 0.293. The van der Waals surface area contributed by atoms with Crippen molar-refractivity contribution in [2.75, 3.05) is 31.2 Å². The lowest BCUT2D eigenvalue weighted by atomic mass is 9.98. The molecule has 156 valence electrons. The Morgan fingerprint density at radius 3 is 2.57 bits per heavy atom. The smallest absolute Gasteiger partial charge is 0.278 e. The number of nitrogens with zero attached hydrogens (tertiary/aromatic N) is 2. The van der Waals surface area contributed by atoms with Crippen LogP contribution in [0.1, 0.15) is 30.9 Å². The first-order valence-corrected chi connectivity index (χ1v) is 10.4. The number of para-hydroxylation sites is 1. The van der Waals surface area contributed by atoms with E-state index in [-0.39, 0.29) is 17.6 Å². The summed E-state index contributed by atoms with van der Waals surface area (Å²) < 4.78 is 18.9. The van der Waals surface area contributed by atoms with Gasteiger partial charge in [0.15, 0.2) is 0 Å². The van der Waals surface area contributed by atoms with E-state index in [4.69, 9.17) is 4.74 Å². The molecule has 2 amide bonds. The topological polar surface area (TPSA) is 49.9 Å². The number of carbonyl (C=O) groups is 2. The van der Waals surface area contributed by atoms with Gasteiger partial charge in [0, 0.05) is 32.0 Å². The molecular formula is C24H25FN2O3. The van der Waals surface area contributed by atoms with E-state index in [1.165, 1.54) is 17.0 Å². The van der Waals surface area contributed by atoms with Gasteiger partial charge in [-0.3, -0.25) is 14.5 Å². The number of carbonyl (C=O) groups excluding carboxylic acids is 2. The zero-order valence-electron chi connectivity index (χ0n) is 17.1. The van der Waals surface area contributed by atoms with E-state index in [1.54, 1.807) is 12.1 Å². The molecule has 0 unspecified atom stereocenters. The molecular weight excluding hydrogens is 383 g/mol. The van der Waals surface area contributed by atoms with Crippen LogP contribution < -0.4 is 4.90 Å². The van der Waals surface area contributed by atoms with Gasteiger partial charge in [0.2, 0.25) is 0 Å². The average Bonchev–Trinajstić information content (AvgIpc) is 3.01. The molecule has 6 heteroatoms. The second kappa shape index (κ2) is 8.79. The van der Waals surface area contributed by atoms with Crippen LogP contribution in [-0.4, -0.2) is 43.0 Å². The molecule has 2 aliphatic heterocycles. The summed E-state index contributed by atoms with van der Waals surface area (Å²) in [4.78, 5) is 30.0. The van der Waals surface area contributed by atoms with Gasteiger partial charge in [-0.1, -0.05) is 30.3 Å². The van der Waals surface area contributed by atoms with E-state index in [9.17, 15) is 14.0 Å². The van der Waals surface area contributed by atoms with Crippen LogP contribution in [0.5, 0.6) is 0 Å². The van der Waals surface area contributed by atoms with Crippen LogP contribution in [0.2, 0.25) is 0 Å². The Morgan fingerprint density at radius 1 is 1.03 bits per heavy atom. The number of benzene rings is 2. The standard InChI is InChI=1S/C24H25FN2O3/c1-2-30-16-6-15-27-23(28)21(18-10-12-19(25)13-11-18)22(24(27)29)26-14-5-8-17-7-3-4-9-20(17)26/h3-4,7,9-13H,2,5-6,8,14-16H2,1H3. The summed E-state index contributed by atoms with van der Waals surface area (Å²) >= 11 is 0. The van der Waals surface area contributed by atoms with Crippen molar-refractivity contribution in [3.63, 3.8) is 0 Å². The maximum absolute atomic E-state index is 13.5. The van der Waals surface area contributed by atoms with Gasteiger partial charge in [-0.2, -0.15) is 0 Å². The molecule has 0 atom stereocenters. The predicted octanol–water partition coefficient (Wildman–Crippen LogP) is 3.79. The predicted molar refractivity (Wildman–Crippen MR) is 113 cm³/mol. The summed E-state index contributed by atoms with van der Waals surface area (Å²) in [5.41, 5.74) is 3.39. The number of imide groups is 1. The third-order valence-corrected chi connectivity index (χ3v) is 5.53. The quantitative estimate of drug-likeness (QED) is 0.517. The van der Waals surface area contributed by atoms with E-state index in [1.807, 2.05) is 30.0 Å². The van der Waals surface area contributed by atoms with Crippen LogP contribution in [-0.2, 0) is 20.7 Å². The largest absolute Gasteiger partial charge is 0.382 e. The Hall–Kier alpha value is -2.99. The van der Waals surface area contributed by atoms with E-state index in [0.717, 1.165) is 24.1 Å². The Bertz CT molecular complexity index is 984. The summed E-state index contributed by atoms with van der Waals surface area (Å²) in [6.07, 6.45) is 2.40. The Kier molecular flexibility index (Phi) is 5.95. The average molecular weight is 408 g/mol. The van der Waals surface area contributed by atoms with E-state index >= 15 is 0 Å². The van der Waals surface area contributed by atoms with Crippen LogP contribution in [0.25, 0.3) is 5.57 Å². The summed E-state index contributed by atoms with van der Waals surface area (Å²) in [7, 11) is 0. The maximum atomic E-state index is 13.5. The molecule has 0 saturated heterocycles. The molecule has 2 heterocycles. The third kappa shape index (κ3) is 3.75. The lowest BCUT2D eigenvalue weighted by molar-refractivity contribution is -0.137. The van der Waals surface area contributed by atoms with Crippen molar-refractivity contribution in [2.45, 2.75) is 26.2 Å². The fourth-order valence-corrected chi connectivity index (χ4v) is 4.13. The zero-order chi connectivity index (χ0) is 21.1. The molecule has 5 nitrogen and oxygen atoms in total. The number of halogens is 1. The number of amides is 2. The molecule has 2 aromatic rings. The van der Waals surface area contributed by atoms with Gasteiger partial charge in [0.1, 0.15) is 11.5 Å². The SMILES string of the molecule is CCOCCCN1C(=O)C(c2ccc(F)cc2)=C(N2CCCc3ccccc32)C1=O. The van der Waals surface area contributed by atoms with Crippen molar-refractivity contribution in [3.05, 3.63) is 71.2 Å². The Morgan fingerprint density at radius 2 is 1.80 bits per heavy atom. The van der Waals surface area contributed by atoms with Crippen molar-refractivity contribution >= 4 is 23.1 Å². The van der Waals surface area contributed by atoms with Crippen molar-refractivity contribution in [3.8, 4) is 0 Å². The molecule has 2 aromatic carbocycles. The lowest BCUT2D eigenvalue weighted by Crippen LogP contribution is -2.37. The number of anilines is 1. The van der Waals surface area contributed by atoms with Crippen LogP contribution in [0, 0.1) is 5.82 Å². The normalized spacial score (nSPS) is 16.5. The number of hydrogen-bond acceptors (Lipinski definition) is 4. The van der Waals surface area contributed by atoms with E-state index in [2.05, 4.69) is 6.07 Å². The fourth-order valence-electron chi connectivity index (χ4n) is 4.13. The molecule has 4 rings (SSSR count). The summed E-state index contributed by atoms with van der Waals surface area (Å²) in [6, 6.07) is 13.7. The minimum atomic E-state index is -0.380. The fraction of sp³-hybridized carbons (Fsp3) is 0.333. The molecule has 0 aliphatic carbocycles. The molecule has 0 radical (unpaired) electrons. The second-order valence-electron chi connectivity index (χ2n) is 7.43. The molecule has 0 bridgehead atoms. The van der Waals surface area contributed by atoms with Gasteiger partial charge in [-0.05, 0) is 55.5 Å². The highest BCUT2D eigenvalue weighted by atomic mass is 19.1. The molecule has 2 aliphatic rings. The molecule has 0 fully saturated rings. The molecule has 0 spiro atoms. The van der Waals surface area contributed by atoms with Gasteiger partial charge in [0.25, 0.3) is 11.8 Å². The molecule has 30 heavy (non-hydrogen) atoms. The molecule has 0 aromatic heterocycles. The summed E-state index contributed by atoms with van der Waals surface area (Å²) in [6.45, 7) is 3.94. The van der Waals surface area contributed by atoms with Gasteiger partial charge in [-0.15, -0.1) is 0 Å². The number of ether oxygens (including phenoxy) is 1. The van der Waals surface area contributed by atoms with Crippen molar-refractivity contribution in [1.82, 2.24) is 4.90 Å². The minimum Gasteiger partial charge on any atom is -0.382 e. The van der Waals surface area contributed by atoms with Crippen LogP contribution in [0.4, 0.5) is 10.1 Å². The Labute approximate surface area is 175 Å². The molecule has 0 N–H and O–H groups in total. The van der Waals surface area contributed by atoms with E-state index in [0.29, 0.717) is 49.6 Å². The van der Waals surface area contributed by atoms with Gasteiger partial charge < -0.3 is 9.64 Å². The number of fused-ring (bicyclic) bond motifs is 1. The second-order valence-corrected chi connectivity index (χ2v) is 7.43. The number of rotatable bonds is 7. The van der Waals surface area contributed by atoms with Crippen LogP contribution >= 0.6 is 0 Å². The first-order chi connectivity index (χ1) is 14.6. The van der Waals surface area contributed by atoms with Crippen molar-refractivity contribution in [1.29, 1.82) is 0 Å². The van der Waals surface area contributed by atoms with E-state index < -0.39 is 0 Å². The summed E-state index contributed by atoms with van der Waals surface area (Å²) in [5.74, 6) is -1.01. The van der Waals surface area contributed by atoms with Crippen molar-refractivity contribution < 1.29 is 18.7 Å². The van der Waals surface area contributed by atoms with Gasteiger partial charge in [-0.25, -0.2) is 4.39 Å². The van der Waals surface area contributed by atoms with Crippen molar-refractivity contribution in [2.24, 2.45) is 0 Å². The maximum Gasteiger partial charge on any atom is 0.278 e. The number of aryl methyl sites for hydroxylation is 1. The zero-order valence-corrected chi connectivity index (χ0v) is 17.1. The Balaban J connectivity index is 1.76. The highest BCUT2D eigenvalue weighted by molar-refractivity contribution is 6.36. The lowest BCUT2D eigenvalue weighted by Gasteiger charge is -2.32. The summed E-state index contributed by atoms with van der Waals surface area (Å²) in [5, 5.41) is 0. The molecule has 0 saturated carbocycles. The first kappa shape index (κ1) is 20.3. The van der Waals surface area contributed by atoms with Crippen LogP contribution in [0.15, 0.2) is 54.2 Å². The highest BCUT2D eigenvalue weighted by Gasteiger charge is 2.42. The van der Waals surface area contributed by atoms with Gasteiger partial charge >= 0.3 is 0 Å². The monoisotopic (exact) mass is 408 g/mol.